The summed E-state index contributed by atoms with van der Waals surface area (Å²) in [5, 5.41) is 9.69. The molecule has 0 spiro atoms. The normalized spacial score (nSPS) is 25.2. The second-order valence-electron chi connectivity index (χ2n) is 12.2. The first-order valence-electron chi connectivity index (χ1n) is 14.7. The van der Waals surface area contributed by atoms with Crippen molar-refractivity contribution in [2.24, 2.45) is 0 Å². The number of alkyl halides is 3. The molecule has 3 N–H and O–H groups in total. The lowest BCUT2D eigenvalue weighted by molar-refractivity contribution is -0.137. The Hall–Kier alpha value is -3.40. The number of methoxy groups -OCH3 is 1. The zero-order chi connectivity index (χ0) is 31.8. The highest BCUT2D eigenvalue weighted by atomic mass is 32.1. The van der Waals surface area contributed by atoms with Crippen molar-refractivity contribution in [2.45, 2.75) is 62.1 Å². The predicted molar refractivity (Wildman–Crippen MR) is 159 cm³/mol. The molecule has 3 aliphatic rings. The third-order valence-electron chi connectivity index (χ3n) is 9.52. The average Bonchev–Trinajstić information content (AvgIpc) is 3.66. The second kappa shape index (κ2) is 10.9. The molecular weight excluding hydrogens is 619 g/mol. The number of ether oxygens (including phenoxy) is 2. The Morgan fingerprint density at radius 1 is 1.18 bits per heavy atom. The summed E-state index contributed by atoms with van der Waals surface area (Å²) in [5.74, 6) is -1.95. The van der Waals surface area contributed by atoms with Gasteiger partial charge in [0.1, 0.15) is 23.8 Å². The number of nitrogen functional groups attached to an aromatic ring is 1. The number of nitrogens with zero attached hydrogens (tertiary/aromatic N) is 5. The highest BCUT2D eigenvalue weighted by Gasteiger charge is 2.49. The molecule has 0 amide bonds. The molecule has 0 unspecified atom stereocenters. The van der Waals surface area contributed by atoms with Crippen LogP contribution in [0.4, 0.5) is 32.9 Å². The molecule has 4 aromatic rings. The first-order valence-corrected chi connectivity index (χ1v) is 15.5. The fourth-order valence-electron chi connectivity index (χ4n) is 7.08. The van der Waals surface area contributed by atoms with Crippen molar-refractivity contribution in [3.05, 3.63) is 35.4 Å². The van der Waals surface area contributed by atoms with Crippen LogP contribution in [-0.4, -0.2) is 82.6 Å². The molecule has 3 fully saturated rings. The van der Waals surface area contributed by atoms with Crippen LogP contribution in [0.1, 0.15) is 37.7 Å². The highest BCUT2D eigenvalue weighted by Crippen LogP contribution is 2.47. The SMILES string of the molecule is CO[C@H]1CN2CCC[C@@]2(COc2nc(N(C)C3CC(O)C3)c3cc(C(F)(F)F)c(-c4ccc(F)c5sc(N)nc45)c(F)c3n2)C1. The van der Waals surface area contributed by atoms with E-state index >= 15 is 4.39 Å². The Morgan fingerprint density at radius 2 is 1.96 bits per heavy atom. The lowest BCUT2D eigenvalue weighted by atomic mass is 9.88. The minimum absolute atomic E-state index is 0.0336. The van der Waals surface area contributed by atoms with Crippen LogP contribution in [0.15, 0.2) is 18.2 Å². The number of aromatic nitrogens is 3. The van der Waals surface area contributed by atoms with Gasteiger partial charge in [-0.2, -0.15) is 23.1 Å². The fraction of sp³-hybridized carbons (Fsp3) is 0.500. The number of rotatable bonds is 7. The molecule has 7 rings (SSSR count). The van der Waals surface area contributed by atoms with Gasteiger partial charge in [0.25, 0.3) is 0 Å². The number of halogens is 5. The Bertz CT molecular complexity index is 1800. The van der Waals surface area contributed by atoms with Gasteiger partial charge in [-0.25, -0.2) is 13.8 Å². The standard InChI is InChI=1S/C30H31F5N6O3S/c1-40(14-8-15(42)9-14)26-18-10-19(30(33,34)35)21(17-4-5-20(31)25-24(17)37-27(36)45-25)22(32)23(18)38-28(39-26)44-13-29-6-3-7-41(29)12-16(11-29)43-2/h4-5,10,14-16,42H,3,6-9,11-13H2,1-2H3,(H2,36,37)/t14?,15?,16-,29+/m1/s1. The van der Waals surface area contributed by atoms with E-state index in [1.54, 1.807) is 19.1 Å². The third kappa shape index (κ3) is 5.04. The Morgan fingerprint density at radius 3 is 2.67 bits per heavy atom. The predicted octanol–water partition coefficient (Wildman–Crippen LogP) is 5.38. The number of aliphatic hydroxyl groups is 1. The number of benzene rings is 2. The summed E-state index contributed by atoms with van der Waals surface area (Å²) in [4.78, 5) is 16.8. The van der Waals surface area contributed by atoms with Gasteiger partial charge in [-0.05, 0) is 56.8 Å². The van der Waals surface area contributed by atoms with E-state index in [0.717, 1.165) is 61.9 Å². The zero-order valence-corrected chi connectivity index (χ0v) is 25.3. The van der Waals surface area contributed by atoms with Crippen molar-refractivity contribution >= 4 is 43.4 Å². The van der Waals surface area contributed by atoms with E-state index in [-0.39, 0.29) is 67.9 Å². The van der Waals surface area contributed by atoms with Crippen LogP contribution in [0.3, 0.4) is 0 Å². The molecule has 2 saturated heterocycles. The van der Waals surface area contributed by atoms with Gasteiger partial charge in [0.05, 0.1) is 33.5 Å². The summed E-state index contributed by atoms with van der Waals surface area (Å²) in [7, 11) is 3.30. The molecule has 2 aromatic carbocycles. The molecule has 9 nitrogen and oxygen atoms in total. The summed E-state index contributed by atoms with van der Waals surface area (Å²) in [6.45, 7) is 1.82. The molecule has 240 valence electrons. The minimum Gasteiger partial charge on any atom is -0.461 e. The minimum atomic E-state index is -5.00. The molecule has 1 aliphatic carbocycles. The number of thiazole rings is 1. The Labute approximate surface area is 258 Å². The van der Waals surface area contributed by atoms with E-state index < -0.39 is 35.0 Å². The van der Waals surface area contributed by atoms with E-state index in [0.29, 0.717) is 12.8 Å². The number of hydrogen-bond donors (Lipinski definition) is 2. The van der Waals surface area contributed by atoms with Gasteiger partial charge in [0, 0.05) is 43.3 Å². The molecule has 2 aliphatic heterocycles. The zero-order valence-electron chi connectivity index (χ0n) is 24.5. The van der Waals surface area contributed by atoms with Crippen molar-refractivity contribution in [3.8, 4) is 17.1 Å². The molecule has 1 saturated carbocycles. The number of anilines is 2. The van der Waals surface area contributed by atoms with Crippen LogP contribution in [0.2, 0.25) is 0 Å². The van der Waals surface area contributed by atoms with Crippen molar-refractivity contribution < 1.29 is 36.5 Å². The van der Waals surface area contributed by atoms with Crippen LogP contribution in [0, 0.1) is 11.6 Å². The Balaban J connectivity index is 1.40. The molecule has 0 bridgehead atoms. The number of aliphatic hydroxyl groups excluding tert-OH is 1. The smallest absolute Gasteiger partial charge is 0.417 e. The maximum atomic E-state index is 16.7. The van der Waals surface area contributed by atoms with Crippen molar-refractivity contribution in [1.82, 2.24) is 19.9 Å². The Kier molecular flexibility index (Phi) is 7.30. The number of fused-ring (bicyclic) bond motifs is 3. The number of hydrogen-bond acceptors (Lipinski definition) is 10. The van der Waals surface area contributed by atoms with E-state index in [1.807, 2.05) is 0 Å². The van der Waals surface area contributed by atoms with E-state index in [2.05, 4.69) is 19.9 Å². The molecular formula is C30H31F5N6O3S. The average molecular weight is 651 g/mol. The third-order valence-corrected chi connectivity index (χ3v) is 10.4. The van der Waals surface area contributed by atoms with Gasteiger partial charge in [-0.3, -0.25) is 4.90 Å². The topological polar surface area (TPSA) is 110 Å². The van der Waals surface area contributed by atoms with Gasteiger partial charge in [-0.1, -0.05) is 11.3 Å². The van der Waals surface area contributed by atoms with E-state index in [9.17, 15) is 22.7 Å². The number of nitrogens with two attached hydrogens (primary N) is 1. The first-order chi connectivity index (χ1) is 21.4. The molecule has 45 heavy (non-hydrogen) atoms. The largest absolute Gasteiger partial charge is 0.461 e. The molecule has 0 radical (unpaired) electrons. The summed E-state index contributed by atoms with van der Waals surface area (Å²) >= 11 is 0.761. The monoisotopic (exact) mass is 650 g/mol. The molecule has 2 atom stereocenters. The summed E-state index contributed by atoms with van der Waals surface area (Å²) in [6.07, 6.45) is -2.21. The highest BCUT2D eigenvalue weighted by molar-refractivity contribution is 7.22. The maximum Gasteiger partial charge on any atom is 0.417 e. The van der Waals surface area contributed by atoms with Crippen LogP contribution in [0.25, 0.3) is 32.2 Å². The van der Waals surface area contributed by atoms with Gasteiger partial charge < -0.3 is 25.2 Å². The van der Waals surface area contributed by atoms with Crippen LogP contribution < -0.4 is 15.4 Å². The summed E-state index contributed by atoms with van der Waals surface area (Å²) < 4.78 is 87.1. The molecule has 4 heterocycles. The van der Waals surface area contributed by atoms with E-state index in [1.165, 1.54) is 0 Å². The lowest BCUT2D eigenvalue weighted by Gasteiger charge is -2.39. The van der Waals surface area contributed by atoms with Crippen molar-refractivity contribution in [1.29, 1.82) is 0 Å². The van der Waals surface area contributed by atoms with Crippen molar-refractivity contribution in [3.63, 3.8) is 0 Å². The van der Waals surface area contributed by atoms with Gasteiger partial charge in [-0.15, -0.1) is 0 Å². The van der Waals surface area contributed by atoms with Gasteiger partial charge in [0.15, 0.2) is 10.9 Å². The lowest BCUT2D eigenvalue weighted by Crippen LogP contribution is -2.46. The molecule has 2 aromatic heterocycles. The summed E-state index contributed by atoms with van der Waals surface area (Å²) in [5.41, 5.74) is 2.53. The van der Waals surface area contributed by atoms with Crippen molar-refractivity contribution in [2.75, 3.05) is 44.5 Å². The van der Waals surface area contributed by atoms with Crippen LogP contribution in [-0.2, 0) is 10.9 Å². The second-order valence-corrected chi connectivity index (χ2v) is 13.2. The van der Waals surface area contributed by atoms with E-state index in [4.69, 9.17) is 15.2 Å². The quantitative estimate of drug-likeness (QED) is 0.255. The van der Waals surface area contributed by atoms with Crippen LogP contribution >= 0.6 is 11.3 Å². The molecule has 15 heteroatoms. The fourth-order valence-corrected chi connectivity index (χ4v) is 7.84. The maximum absolute atomic E-state index is 16.7. The van der Waals surface area contributed by atoms with Gasteiger partial charge >= 0.3 is 12.2 Å². The van der Waals surface area contributed by atoms with Gasteiger partial charge in [0.2, 0.25) is 0 Å². The summed E-state index contributed by atoms with van der Waals surface area (Å²) in [6, 6.07) is 2.44. The van der Waals surface area contributed by atoms with Crippen LogP contribution in [0.5, 0.6) is 6.01 Å². The first kappa shape index (κ1) is 30.3.